The number of amides is 4. The predicted octanol–water partition coefficient (Wildman–Crippen LogP) is -4.01. The second-order valence-corrected chi connectivity index (χ2v) is 6.58. The van der Waals surface area contributed by atoms with Crippen LogP contribution in [-0.2, 0) is 28.8 Å². The molecule has 0 spiro atoms. The molecule has 10 N–H and O–H groups in total. The van der Waals surface area contributed by atoms with Gasteiger partial charge in [-0.15, -0.1) is 0 Å². The van der Waals surface area contributed by atoms with Gasteiger partial charge in [-0.3, -0.25) is 24.0 Å². The maximum absolute atomic E-state index is 12.4. The average Bonchev–Trinajstić information content (AvgIpc) is 2.60. The van der Waals surface area contributed by atoms with Gasteiger partial charge in [0.25, 0.3) is 0 Å². The third-order valence-electron chi connectivity index (χ3n) is 3.78. The average molecular weight is 433 g/mol. The van der Waals surface area contributed by atoms with Crippen molar-refractivity contribution in [3.05, 3.63) is 0 Å². The summed E-state index contributed by atoms with van der Waals surface area (Å²) in [5.41, 5.74) is 10.4. The summed E-state index contributed by atoms with van der Waals surface area (Å²) in [5.74, 6) is -6.78. The summed E-state index contributed by atoms with van der Waals surface area (Å²) in [7, 11) is 0. The van der Waals surface area contributed by atoms with E-state index in [1.165, 1.54) is 13.8 Å². The van der Waals surface area contributed by atoms with Gasteiger partial charge in [-0.1, -0.05) is 0 Å². The number of hydrogen-bond donors (Lipinski definition) is 8. The second-order valence-electron chi connectivity index (χ2n) is 6.58. The number of carbonyl (C=O) groups is 6. The van der Waals surface area contributed by atoms with E-state index in [4.69, 9.17) is 21.7 Å². The van der Waals surface area contributed by atoms with Crippen LogP contribution in [0.3, 0.4) is 0 Å². The SMILES string of the molecule is C[C@H](N)C(=O)N[C@H](C(=O)N[C@@H](CC(N)=O)C(=O)N[C@@H](CCC(=O)O)C(=O)O)[C@@H](C)O. The molecule has 14 heteroatoms. The van der Waals surface area contributed by atoms with Crippen LogP contribution in [0.2, 0.25) is 0 Å². The molecule has 0 unspecified atom stereocenters. The number of carboxylic acids is 2. The summed E-state index contributed by atoms with van der Waals surface area (Å²) in [6.45, 7) is 2.51. The molecule has 0 aromatic carbocycles. The molecule has 0 bridgehead atoms. The largest absolute Gasteiger partial charge is 0.481 e. The van der Waals surface area contributed by atoms with Gasteiger partial charge in [0.2, 0.25) is 23.6 Å². The Morgan fingerprint density at radius 1 is 0.867 bits per heavy atom. The Hall–Kier alpha value is -3.26. The molecular formula is C16H27N5O9. The molecule has 0 fully saturated rings. The summed E-state index contributed by atoms with van der Waals surface area (Å²) >= 11 is 0. The summed E-state index contributed by atoms with van der Waals surface area (Å²) in [6.07, 6.45) is -3.14. The maximum Gasteiger partial charge on any atom is 0.326 e. The number of aliphatic hydroxyl groups is 1. The Balaban J connectivity index is 5.40. The van der Waals surface area contributed by atoms with Crippen molar-refractivity contribution in [1.82, 2.24) is 16.0 Å². The third-order valence-corrected chi connectivity index (χ3v) is 3.78. The first-order valence-electron chi connectivity index (χ1n) is 8.83. The van der Waals surface area contributed by atoms with Crippen molar-refractivity contribution in [2.75, 3.05) is 0 Å². The molecule has 0 aromatic heterocycles. The molecule has 14 nitrogen and oxygen atoms in total. The van der Waals surface area contributed by atoms with Gasteiger partial charge in [0.1, 0.15) is 18.1 Å². The lowest BCUT2D eigenvalue weighted by molar-refractivity contribution is -0.143. The fourth-order valence-electron chi connectivity index (χ4n) is 2.16. The Bertz CT molecular complexity index is 680. The summed E-state index contributed by atoms with van der Waals surface area (Å²) in [6, 6.07) is -5.79. The fraction of sp³-hybridized carbons (Fsp3) is 0.625. The smallest absolute Gasteiger partial charge is 0.326 e. The number of aliphatic hydroxyl groups excluding tert-OH is 1. The zero-order valence-corrected chi connectivity index (χ0v) is 16.5. The Kier molecular flexibility index (Phi) is 11.0. The van der Waals surface area contributed by atoms with E-state index in [0.717, 1.165) is 0 Å². The van der Waals surface area contributed by atoms with Crippen molar-refractivity contribution in [2.45, 2.75) is 63.4 Å². The molecule has 0 rings (SSSR count). The molecule has 30 heavy (non-hydrogen) atoms. The van der Waals surface area contributed by atoms with Gasteiger partial charge < -0.3 is 42.7 Å². The quantitative estimate of drug-likeness (QED) is 0.140. The van der Waals surface area contributed by atoms with Gasteiger partial charge in [0.05, 0.1) is 18.6 Å². The minimum Gasteiger partial charge on any atom is -0.481 e. The first-order chi connectivity index (χ1) is 13.8. The molecule has 0 saturated carbocycles. The number of hydrogen-bond acceptors (Lipinski definition) is 8. The molecule has 0 heterocycles. The van der Waals surface area contributed by atoms with Gasteiger partial charge in [-0.05, 0) is 20.3 Å². The second kappa shape index (κ2) is 12.3. The van der Waals surface area contributed by atoms with E-state index in [0.29, 0.717) is 0 Å². The standard InChI is InChI=1S/C16H27N5O9/c1-6(17)13(26)21-12(7(2)22)15(28)20-9(5-10(18)23)14(27)19-8(16(29)30)3-4-11(24)25/h6-9,12,22H,3-5,17H2,1-2H3,(H2,18,23)(H,19,27)(H,20,28)(H,21,26)(H,24,25)(H,29,30)/t6-,7+,8-,9-,12-/m0/s1. The lowest BCUT2D eigenvalue weighted by atomic mass is 10.1. The first kappa shape index (κ1) is 26.7. The van der Waals surface area contributed by atoms with Crippen molar-refractivity contribution in [2.24, 2.45) is 11.5 Å². The Morgan fingerprint density at radius 2 is 1.40 bits per heavy atom. The molecule has 170 valence electrons. The Labute approximate surface area is 171 Å². The highest BCUT2D eigenvalue weighted by Gasteiger charge is 2.32. The molecule has 0 aliphatic carbocycles. The number of nitrogens with two attached hydrogens (primary N) is 2. The van der Waals surface area contributed by atoms with E-state index < -0.39 is 85.1 Å². The highest BCUT2D eigenvalue weighted by molar-refractivity contribution is 5.96. The van der Waals surface area contributed by atoms with E-state index in [1.54, 1.807) is 0 Å². The van der Waals surface area contributed by atoms with Crippen molar-refractivity contribution in [1.29, 1.82) is 0 Å². The number of carbonyl (C=O) groups excluding carboxylic acids is 4. The molecule has 4 amide bonds. The van der Waals surface area contributed by atoms with E-state index >= 15 is 0 Å². The molecule has 0 radical (unpaired) electrons. The summed E-state index contributed by atoms with van der Waals surface area (Å²) < 4.78 is 0. The monoisotopic (exact) mass is 433 g/mol. The van der Waals surface area contributed by atoms with Crippen LogP contribution in [0.15, 0.2) is 0 Å². The third kappa shape index (κ3) is 9.79. The van der Waals surface area contributed by atoms with Gasteiger partial charge >= 0.3 is 11.9 Å². The van der Waals surface area contributed by atoms with Crippen LogP contribution in [0.4, 0.5) is 0 Å². The van der Waals surface area contributed by atoms with Crippen molar-refractivity contribution >= 4 is 35.6 Å². The van der Waals surface area contributed by atoms with Gasteiger partial charge in [-0.25, -0.2) is 4.79 Å². The van der Waals surface area contributed by atoms with Gasteiger partial charge in [-0.2, -0.15) is 0 Å². The van der Waals surface area contributed by atoms with Crippen molar-refractivity contribution in [3.63, 3.8) is 0 Å². The normalized spacial score (nSPS) is 15.6. The van der Waals surface area contributed by atoms with E-state index in [-0.39, 0.29) is 0 Å². The zero-order valence-electron chi connectivity index (χ0n) is 16.5. The van der Waals surface area contributed by atoms with Crippen LogP contribution in [0.1, 0.15) is 33.1 Å². The molecule has 0 aromatic rings. The predicted molar refractivity (Wildman–Crippen MR) is 99.4 cm³/mol. The number of rotatable bonds is 13. The first-order valence-corrected chi connectivity index (χ1v) is 8.83. The van der Waals surface area contributed by atoms with Crippen LogP contribution in [0.5, 0.6) is 0 Å². The molecular weight excluding hydrogens is 406 g/mol. The van der Waals surface area contributed by atoms with Crippen LogP contribution in [-0.4, -0.2) is 81.2 Å². The minimum absolute atomic E-state index is 0.450. The number of primary amides is 1. The lowest BCUT2D eigenvalue weighted by Gasteiger charge is -2.25. The van der Waals surface area contributed by atoms with Crippen molar-refractivity contribution in [3.8, 4) is 0 Å². The topological polar surface area (TPSA) is 251 Å². The molecule has 0 saturated heterocycles. The number of carboxylic acid groups (broad SMARTS) is 2. The molecule has 5 atom stereocenters. The maximum atomic E-state index is 12.4. The van der Waals surface area contributed by atoms with Gasteiger partial charge in [0, 0.05) is 6.42 Å². The molecule has 0 aliphatic rings. The molecule has 0 aliphatic heterocycles. The highest BCUT2D eigenvalue weighted by atomic mass is 16.4. The number of aliphatic carboxylic acids is 2. The van der Waals surface area contributed by atoms with Crippen LogP contribution >= 0.6 is 0 Å². The fourth-order valence-corrected chi connectivity index (χ4v) is 2.16. The van der Waals surface area contributed by atoms with E-state index in [1.807, 2.05) is 5.32 Å². The highest BCUT2D eigenvalue weighted by Crippen LogP contribution is 2.03. The van der Waals surface area contributed by atoms with Crippen LogP contribution in [0, 0.1) is 0 Å². The zero-order chi connectivity index (χ0) is 23.6. The van der Waals surface area contributed by atoms with E-state index in [2.05, 4.69) is 10.6 Å². The lowest BCUT2D eigenvalue weighted by Crippen LogP contribution is -2.60. The summed E-state index contributed by atoms with van der Waals surface area (Å²) in [5, 5.41) is 33.8. The minimum atomic E-state index is -1.64. The van der Waals surface area contributed by atoms with E-state index in [9.17, 15) is 33.9 Å². The van der Waals surface area contributed by atoms with Crippen molar-refractivity contribution < 1.29 is 44.1 Å². The van der Waals surface area contributed by atoms with Crippen LogP contribution in [0.25, 0.3) is 0 Å². The summed E-state index contributed by atoms with van der Waals surface area (Å²) in [4.78, 5) is 69.6. The van der Waals surface area contributed by atoms with Crippen LogP contribution < -0.4 is 27.4 Å². The Morgan fingerprint density at radius 3 is 1.80 bits per heavy atom. The van der Waals surface area contributed by atoms with Gasteiger partial charge in [0.15, 0.2) is 0 Å². The number of nitrogens with one attached hydrogen (secondary N) is 3.